The average Bonchev–Trinajstić information content (AvgIpc) is 3.06. The van der Waals surface area contributed by atoms with Gasteiger partial charge in [-0.3, -0.25) is 4.79 Å². The number of ether oxygens (including phenoxy) is 1. The van der Waals surface area contributed by atoms with Crippen molar-refractivity contribution in [3.8, 4) is 5.75 Å². The first-order valence-corrected chi connectivity index (χ1v) is 10.2. The molecular formula is C23H27N3O3. The molecule has 1 unspecified atom stereocenters. The van der Waals surface area contributed by atoms with Gasteiger partial charge in [0, 0.05) is 20.1 Å². The van der Waals surface area contributed by atoms with Gasteiger partial charge in [0.05, 0.1) is 18.0 Å². The van der Waals surface area contributed by atoms with Gasteiger partial charge in [-0.1, -0.05) is 48.5 Å². The predicted molar refractivity (Wildman–Crippen MR) is 111 cm³/mol. The Morgan fingerprint density at radius 3 is 2.55 bits per heavy atom. The zero-order valence-electron chi connectivity index (χ0n) is 16.7. The number of carbonyl (C=O) groups is 2. The van der Waals surface area contributed by atoms with Gasteiger partial charge in [0.2, 0.25) is 5.91 Å². The fourth-order valence-electron chi connectivity index (χ4n) is 4.31. The van der Waals surface area contributed by atoms with Gasteiger partial charge in [0.25, 0.3) is 0 Å². The third-order valence-electron chi connectivity index (χ3n) is 5.85. The van der Waals surface area contributed by atoms with Crippen LogP contribution in [0, 0.1) is 5.92 Å². The number of para-hydroxylation sites is 1. The number of piperidine rings is 1. The number of nitrogens with zero attached hydrogens (tertiary/aromatic N) is 2. The van der Waals surface area contributed by atoms with E-state index in [4.69, 9.17) is 4.74 Å². The standard InChI is InChI=1S/C23H27N3O3/c1-25-15-21-19(22(25)27)13-8-14-26(21)23(28)24-20(17-9-4-2-5-10-17)16-29-18-11-6-3-7-12-18/h2-7,9-12,19-21H,8,13-16H2,1H3,(H,24,28)/t19-,20?,21-/m1/s1. The molecule has 2 aromatic rings. The van der Waals surface area contributed by atoms with Crippen LogP contribution in [0.2, 0.25) is 0 Å². The van der Waals surface area contributed by atoms with Crippen molar-refractivity contribution < 1.29 is 14.3 Å². The van der Waals surface area contributed by atoms with Crippen molar-refractivity contribution in [3.63, 3.8) is 0 Å². The van der Waals surface area contributed by atoms with E-state index in [1.165, 1.54) is 0 Å². The van der Waals surface area contributed by atoms with Gasteiger partial charge in [0.1, 0.15) is 12.4 Å². The number of hydrogen-bond acceptors (Lipinski definition) is 3. The lowest BCUT2D eigenvalue weighted by Crippen LogP contribution is -2.53. The van der Waals surface area contributed by atoms with E-state index in [2.05, 4.69) is 5.32 Å². The number of hydrogen-bond donors (Lipinski definition) is 1. The fraction of sp³-hybridized carbons (Fsp3) is 0.391. The van der Waals surface area contributed by atoms with E-state index in [0.29, 0.717) is 19.7 Å². The van der Waals surface area contributed by atoms with Crippen LogP contribution in [0.25, 0.3) is 0 Å². The van der Waals surface area contributed by atoms with Gasteiger partial charge in [-0.2, -0.15) is 0 Å². The maximum absolute atomic E-state index is 13.2. The van der Waals surface area contributed by atoms with Crippen LogP contribution in [-0.2, 0) is 4.79 Å². The number of rotatable bonds is 5. The van der Waals surface area contributed by atoms with E-state index in [1.807, 2.05) is 72.6 Å². The molecule has 0 radical (unpaired) electrons. The molecule has 2 aliphatic rings. The molecule has 152 valence electrons. The second-order valence-electron chi connectivity index (χ2n) is 7.77. The third-order valence-corrected chi connectivity index (χ3v) is 5.85. The second kappa shape index (κ2) is 8.55. The number of likely N-dealkylation sites (N-methyl/N-ethyl adjacent to an activating group) is 1. The molecule has 6 nitrogen and oxygen atoms in total. The molecule has 2 aromatic carbocycles. The highest BCUT2D eigenvalue weighted by Crippen LogP contribution is 2.31. The molecule has 2 fully saturated rings. The number of amides is 3. The predicted octanol–water partition coefficient (Wildman–Crippen LogP) is 3.07. The van der Waals surface area contributed by atoms with E-state index < -0.39 is 0 Å². The van der Waals surface area contributed by atoms with E-state index in [9.17, 15) is 9.59 Å². The summed E-state index contributed by atoms with van der Waals surface area (Å²) >= 11 is 0. The van der Waals surface area contributed by atoms with Gasteiger partial charge >= 0.3 is 6.03 Å². The van der Waals surface area contributed by atoms with Gasteiger partial charge in [0.15, 0.2) is 0 Å². The molecule has 2 aliphatic heterocycles. The Morgan fingerprint density at radius 1 is 1.14 bits per heavy atom. The Balaban J connectivity index is 1.48. The zero-order chi connectivity index (χ0) is 20.2. The Hall–Kier alpha value is -3.02. The Bertz CT molecular complexity index is 843. The first-order valence-electron chi connectivity index (χ1n) is 10.2. The Morgan fingerprint density at radius 2 is 1.83 bits per heavy atom. The maximum atomic E-state index is 13.2. The molecule has 0 aliphatic carbocycles. The summed E-state index contributed by atoms with van der Waals surface area (Å²) in [6, 6.07) is 19.0. The van der Waals surface area contributed by atoms with Crippen molar-refractivity contribution in [2.75, 3.05) is 26.7 Å². The summed E-state index contributed by atoms with van der Waals surface area (Å²) in [4.78, 5) is 29.1. The van der Waals surface area contributed by atoms with Crippen molar-refractivity contribution in [3.05, 3.63) is 66.2 Å². The highest BCUT2D eigenvalue weighted by Gasteiger charge is 2.45. The lowest BCUT2D eigenvalue weighted by atomic mass is 9.92. The largest absolute Gasteiger partial charge is 0.491 e. The van der Waals surface area contributed by atoms with Crippen LogP contribution in [0.5, 0.6) is 5.75 Å². The molecule has 29 heavy (non-hydrogen) atoms. The summed E-state index contributed by atoms with van der Waals surface area (Å²) in [6.45, 7) is 1.61. The molecule has 1 N–H and O–H groups in total. The lowest BCUT2D eigenvalue weighted by Gasteiger charge is -2.37. The van der Waals surface area contributed by atoms with Crippen molar-refractivity contribution in [1.82, 2.24) is 15.1 Å². The molecule has 0 saturated carbocycles. The summed E-state index contributed by atoms with van der Waals surface area (Å²) in [5.74, 6) is 0.846. The van der Waals surface area contributed by atoms with Crippen LogP contribution in [0.4, 0.5) is 4.79 Å². The van der Waals surface area contributed by atoms with Crippen LogP contribution >= 0.6 is 0 Å². The van der Waals surface area contributed by atoms with Gasteiger partial charge in [-0.05, 0) is 30.5 Å². The van der Waals surface area contributed by atoms with Crippen molar-refractivity contribution in [1.29, 1.82) is 0 Å². The number of benzene rings is 2. The quantitative estimate of drug-likeness (QED) is 0.849. The number of likely N-dealkylation sites (tertiary alicyclic amines) is 2. The van der Waals surface area contributed by atoms with Gasteiger partial charge < -0.3 is 19.9 Å². The number of fused-ring (bicyclic) bond motifs is 1. The van der Waals surface area contributed by atoms with Crippen LogP contribution in [0.3, 0.4) is 0 Å². The normalized spacial score (nSPS) is 22.2. The molecule has 2 heterocycles. The first-order chi connectivity index (χ1) is 14.1. The second-order valence-corrected chi connectivity index (χ2v) is 7.77. The van der Waals surface area contributed by atoms with Crippen molar-refractivity contribution in [2.45, 2.75) is 24.9 Å². The number of nitrogens with one attached hydrogen (secondary N) is 1. The maximum Gasteiger partial charge on any atom is 0.318 e. The SMILES string of the molecule is CN1C[C@@H]2[C@@H](CCCN2C(=O)NC(COc2ccccc2)c2ccccc2)C1=O. The molecule has 3 amide bonds. The van der Waals surface area contributed by atoms with E-state index >= 15 is 0 Å². The van der Waals surface area contributed by atoms with Crippen LogP contribution < -0.4 is 10.1 Å². The fourth-order valence-corrected chi connectivity index (χ4v) is 4.31. The number of urea groups is 1. The van der Waals surface area contributed by atoms with Crippen LogP contribution in [0.15, 0.2) is 60.7 Å². The highest BCUT2D eigenvalue weighted by atomic mass is 16.5. The molecule has 0 bridgehead atoms. The molecule has 6 heteroatoms. The zero-order valence-corrected chi connectivity index (χ0v) is 16.7. The highest BCUT2D eigenvalue weighted by molar-refractivity contribution is 5.84. The molecule has 3 atom stereocenters. The monoisotopic (exact) mass is 393 g/mol. The Kier molecular flexibility index (Phi) is 5.69. The summed E-state index contributed by atoms with van der Waals surface area (Å²) in [5, 5.41) is 3.15. The van der Waals surface area contributed by atoms with E-state index in [0.717, 1.165) is 24.2 Å². The summed E-state index contributed by atoms with van der Waals surface area (Å²) in [7, 11) is 1.82. The summed E-state index contributed by atoms with van der Waals surface area (Å²) < 4.78 is 5.94. The van der Waals surface area contributed by atoms with E-state index in [1.54, 1.807) is 4.90 Å². The van der Waals surface area contributed by atoms with Crippen molar-refractivity contribution in [2.24, 2.45) is 5.92 Å². The summed E-state index contributed by atoms with van der Waals surface area (Å²) in [5.41, 5.74) is 0.991. The molecule has 0 spiro atoms. The van der Waals surface area contributed by atoms with Crippen LogP contribution in [0.1, 0.15) is 24.4 Å². The average molecular weight is 393 g/mol. The molecule has 2 saturated heterocycles. The van der Waals surface area contributed by atoms with Crippen LogP contribution in [-0.4, -0.2) is 54.5 Å². The van der Waals surface area contributed by atoms with Gasteiger partial charge in [-0.25, -0.2) is 4.79 Å². The van der Waals surface area contributed by atoms with Crippen molar-refractivity contribution >= 4 is 11.9 Å². The molecular weight excluding hydrogens is 366 g/mol. The Labute approximate surface area is 171 Å². The number of carbonyl (C=O) groups excluding carboxylic acids is 2. The minimum atomic E-state index is -0.279. The first kappa shape index (κ1) is 19.3. The topological polar surface area (TPSA) is 61.9 Å². The summed E-state index contributed by atoms with van der Waals surface area (Å²) in [6.07, 6.45) is 1.71. The minimum absolute atomic E-state index is 0.0484. The molecule has 0 aromatic heterocycles. The van der Waals surface area contributed by atoms with Gasteiger partial charge in [-0.15, -0.1) is 0 Å². The smallest absolute Gasteiger partial charge is 0.318 e. The third kappa shape index (κ3) is 4.21. The molecule has 4 rings (SSSR count). The lowest BCUT2D eigenvalue weighted by molar-refractivity contribution is -0.130. The minimum Gasteiger partial charge on any atom is -0.491 e. The van der Waals surface area contributed by atoms with E-state index in [-0.39, 0.29) is 29.9 Å².